The molecule has 5 aliphatic rings. The lowest BCUT2D eigenvalue weighted by atomic mass is 9.45. The molecule has 3 N–H and O–H groups in total. The van der Waals surface area contributed by atoms with E-state index >= 15 is 0 Å². The Kier molecular flexibility index (Phi) is 5.84. The van der Waals surface area contributed by atoms with Crippen molar-refractivity contribution in [3.8, 4) is 0 Å². The van der Waals surface area contributed by atoms with Gasteiger partial charge in [-0.2, -0.15) is 0 Å². The predicted octanol–water partition coefficient (Wildman–Crippen LogP) is 4.93. The summed E-state index contributed by atoms with van der Waals surface area (Å²) in [7, 11) is 1.43. The van der Waals surface area contributed by atoms with E-state index in [0.29, 0.717) is 25.7 Å². The minimum atomic E-state index is -1.61. The molecule has 1 heterocycles. The fraction of sp³-hybridized carbons (Fsp3) is 0.903. The number of rotatable bonds is 3. The maximum atomic E-state index is 13.3. The molecule has 0 radical (unpaired) electrons. The van der Waals surface area contributed by atoms with Gasteiger partial charge in [0.2, 0.25) is 0 Å². The van der Waals surface area contributed by atoms with Crippen molar-refractivity contribution in [3.63, 3.8) is 0 Å². The SMILES string of the molecule is COC(=O)[C@]12CCC(C)(C)C[C@H]1[C@@](O)(/C=C\[C@@]13O[C@]1(C)CCC1C(C)(C)[C@@H](O)CC[C@@]13C)[C@@](C)(O)CC2. The molecular weight excluding hydrogens is 468 g/mol. The van der Waals surface area contributed by atoms with Crippen LogP contribution in [0.25, 0.3) is 0 Å². The van der Waals surface area contributed by atoms with Gasteiger partial charge in [-0.15, -0.1) is 0 Å². The van der Waals surface area contributed by atoms with Crippen LogP contribution in [0.1, 0.15) is 106 Å². The standard InChI is InChI=1S/C31H50O6/c1-24(2)13-15-29(23(33)36-8)16-14-27(6,34)30(35,21(29)19-24)17-18-31-26(5)11-10-22(32)25(3,4)20(26)9-12-28(31,7)37-31/h17-18,20-22,32,34-35H,9-16,19H2,1-8H3/b18-17-/t20?,21-,22+,26+,27+,28-,29+,30+,31+/m1/s1. The third kappa shape index (κ3) is 3.40. The van der Waals surface area contributed by atoms with Gasteiger partial charge in [-0.05, 0) is 88.4 Å². The normalized spacial score (nSPS) is 54.1. The molecule has 0 bridgehead atoms. The summed E-state index contributed by atoms with van der Waals surface area (Å²) in [5.41, 5.74) is -5.23. The highest BCUT2D eigenvalue weighted by molar-refractivity contribution is 5.78. The van der Waals surface area contributed by atoms with Crippen LogP contribution in [0.4, 0.5) is 0 Å². The summed E-state index contributed by atoms with van der Waals surface area (Å²) in [4.78, 5) is 13.3. The summed E-state index contributed by atoms with van der Waals surface area (Å²) in [5.74, 6) is -0.462. The van der Waals surface area contributed by atoms with E-state index in [1.54, 1.807) is 6.92 Å². The van der Waals surface area contributed by atoms with Crippen LogP contribution in [-0.2, 0) is 14.3 Å². The van der Waals surface area contributed by atoms with Crippen LogP contribution >= 0.6 is 0 Å². The molecule has 0 aromatic rings. The van der Waals surface area contributed by atoms with Gasteiger partial charge in [-0.1, -0.05) is 46.8 Å². The monoisotopic (exact) mass is 518 g/mol. The van der Waals surface area contributed by atoms with Crippen LogP contribution in [0.2, 0.25) is 0 Å². The molecule has 6 heteroatoms. The molecule has 1 saturated heterocycles. The van der Waals surface area contributed by atoms with Crippen LogP contribution in [0.15, 0.2) is 12.2 Å². The number of carbonyl (C=O) groups is 1. The van der Waals surface area contributed by atoms with Crippen molar-refractivity contribution in [1.29, 1.82) is 0 Å². The summed E-state index contributed by atoms with van der Waals surface area (Å²) in [6.45, 7) is 14.9. The zero-order valence-electron chi connectivity index (χ0n) is 24.3. The molecule has 4 saturated carbocycles. The fourth-order valence-corrected chi connectivity index (χ4v) is 9.87. The van der Waals surface area contributed by atoms with Gasteiger partial charge in [-0.25, -0.2) is 0 Å². The minimum absolute atomic E-state index is 0.0637. The number of aliphatic hydroxyl groups is 3. The van der Waals surface area contributed by atoms with E-state index in [0.717, 1.165) is 32.1 Å². The van der Waals surface area contributed by atoms with Crippen molar-refractivity contribution < 1.29 is 29.6 Å². The average Bonchev–Trinajstić information content (AvgIpc) is 3.45. The Bertz CT molecular complexity index is 996. The lowest BCUT2D eigenvalue weighted by molar-refractivity contribution is -0.231. The van der Waals surface area contributed by atoms with Crippen molar-refractivity contribution in [2.45, 2.75) is 135 Å². The van der Waals surface area contributed by atoms with Crippen LogP contribution < -0.4 is 0 Å². The number of carbonyl (C=O) groups excluding carboxylic acids is 1. The van der Waals surface area contributed by atoms with Gasteiger partial charge < -0.3 is 24.8 Å². The molecule has 37 heavy (non-hydrogen) atoms. The molecule has 9 atom stereocenters. The van der Waals surface area contributed by atoms with Gasteiger partial charge in [0, 0.05) is 11.3 Å². The number of aliphatic hydroxyl groups excluding tert-OH is 1. The van der Waals surface area contributed by atoms with Crippen LogP contribution in [0.3, 0.4) is 0 Å². The molecule has 1 aliphatic heterocycles. The van der Waals surface area contributed by atoms with Gasteiger partial charge in [-0.3, -0.25) is 4.79 Å². The number of hydrogen-bond acceptors (Lipinski definition) is 6. The molecule has 5 rings (SSSR count). The zero-order chi connectivity index (χ0) is 27.5. The molecule has 0 aromatic heterocycles. The lowest BCUT2D eigenvalue weighted by Crippen LogP contribution is -2.68. The number of esters is 1. The Morgan fingerprint density at radius 1 is 0.865 bits per heavy atom. The van der Waals surface area contributed by atoms with Crippen molar-refractivity contribution >= 4 is 5.97 Å². The van der Waals surface area contributed by atoms with Crippen molar-refractivity contribution in [2.24, 2.45) is 33.5 Å². The number of hydrogen-bond donors (Lipinski definition) is 3. The highest BCUT2D eigenvalue weighted by Gasteiger charge is 2.79. The van der Waals surface area contributed by atoms with Crippen molar-refractivity contribution in [2.75, 3.05) is 7.11 Å². The van der Waals surface area contributed by atoms with Crippen LogP contribution in [-0.4, -0.2) is 56.9 Å². The summed E-state index contributed by atoms with van der Waals surface area (Å²) >= 11 is 0. The number of fused-ring (bicyclic) bond motifs is 4. The van der Waals surface area contributed by atoms with Crippen LogP contribution in [0.5, 0.6) is 0 Å². The molecule has 6 nitrogen and oxygen atoms in total. The third-order valence-electron chi connectivity index (χ3n) is 12.6. The number of methoxy groups -OCH3 is 1. The second-order valence-corrected chi connectivity index (χ2v) is 15.5. The summed E-state index contributed by atoms with van der Waals surface area (Å²) in [6.07, 6.45) is 9.99. The molecule has 5 fully saturated rings. The average molecular weight is 519 g/mol. The first-order chi connectivity index (χ1) is 16.9. The predicted molar refractivity (Wildman–Crippen MR) is 142 cm³/mol. The number of ether oxygens (including phenoxy) is 2. The number of epoxide rings is 1. The first kappa shape index (κ1) is 27.6. The highest BCUT2D eigenvalue weighted by Crippen LogP contribution is 2.74. The Hall–Kier alpha value is -0.950. The van der Waals surface area contributed by atoms with E-state index in [4.69, 9.17) is 9.47 Å². The molecule has 1 unspecified atom stereocenters. The van der Waals surface area contributed by atoms with Gasteiger partial charge in [0.25, 0.3) is 0 Å². The minimum Gasteiger partial charge on any atom is -0.469 e. The Balaban J connectivity index is 1.60. The van der Waals surface area contributed by atoms with Gasteiger partial charge >= 0.3 is 5.97 Å². The fourth-order valence-electron chi connectivity index (χ4n) is 9.87. The Morgan fingerprint density at radius 3 is 2.16 bits per heavy atom. The van der Waals surface area contributed by atoms with Gasteiger partial charge in [0.1, 0.15) is 11.2 Å². The second kappa shape index (κ2) is 7.83. The van der Waals surface area contributed by atoms with E-state index in [-0.39, 0.29) is 39.8 Å². The zero-order valence-corrected chi connectivity index (χ0v) is 24.3. The van der Waals surface area contributed by atoms with Gasteiger partial charge in [0.15, 0.2) is 0 Å². The summed E-state index contributed by atoms with van der Waals surface area (Å²) in [5, 5.41) is 35.2. The first-order valence-electron chi connectivity index (χ1n) is 14.5. The van der Waals surface area contributed by atoms with Crippen molar-refractivity contribution in [3.05, 3.63) is 12.2 Å². The maximum absolute atomic E-state index is 13.3. The molecule has 4 aliphatic carbocycles. The lowest BCUT2D eigenvalue weighted by Gasteiger charge is -2.61. The molecule has 210 valence electrons. The topological polar surface area (TPSA) is 99.5 Å². The van der Waals surface area contributed by atoms with Crippen LogP contribution in [0, 0.1) is 33.5 Å². The Morgan fingerprint density at radius 2 is 1.51 bits per heavy atom. The summed E-state index contributed by atoms with van der Waals surface area (Å²) < 4.78 is 12.0. The summed E-state index contributed by atoms with van der Waals surface area (Å²) in [6, 6.07) is 0. The van der Waals surface area contributed by atoms with E-state index in [1.807, 2.05) is 6.08 Å². The maximum Gasteiger partial charge on any atom is 0.312 e. The second-order valence-electron chi connectivity index (χ2n) is 15.5. The first-order valence-corrected chi connectivity index (χ1v) is 14.5. The molecule has 0 aromatic carbocycles. The van der Waals surface area contributed by atoms with Crippen molar-refractivity contribution in [1.82, 2.24) is 0 Å². The Labute approximate surface area is 223 Å². The largest absolute Gasteiger partial charge is 0.469 e. The van der Waals surface area contributed by atoms with E-state index in [2.05, 4.69) is 47.6 Å². The van der Waals surface area contributed by atoms with E-state index in [1.165, 1.54) is 7.11 Å². The highest BCUT2D eigenvalue weighted by atomic mass is 16.6. The quantitative estimate of drug-likeness (QED) is 0.278. The smallest absolute Gasteiger partial charge is 0.312 e. The molecule has 0 amide bonds. The van der Waals surface area contributed by atoms with Gasteiger partial charge in [0.05, 0.1) is 29.8 Å². The molecule has 0 spiro atoms. The van der Waals surface area contributed by atoms with E-state index in [9.17, 15) is 20.1 Å². The molecular formula is C31H50O6. The van der Waals surface area contributed by atoms with E-state index < -0.39 is 28.1 Å². The third-order valence-corrected chi connectivity index (χ3v) is 12.6.